The standard InChI is InChI=1S/C25H25ClN2O4/c1-3-30-21-12-10-20(11-13-21)25(29)28-27-16-19-14-22(26)24(23(15-19)31-4-2)32-17-18-8-6-5-7-9-18/h5-16H,3-4,17H2,1-2H3,(H,28,29)/b27-16-. The predicted octanol–water partition coefficient (Wildman–Crippen LogP) is 5.48. The second-order valence-electron chi connectivity index (χ2n) is 6.69. The van der Waals surface area contributed by atoms with Crippen LogP contribution >= 0.6 is 11.6 Å². The van der Waals surface area contributed by atoms with Gasteiger partial charge >= 0.3 is 0 Å². The molecular weight excluding hydrogens is 428 g/mol. The molecule has 0 heterocycles. The summed E-state index contributed by atoms with van der Waals surface area (Å²) in [6, 6.07) is 20.1. The van der Waals surface area contributed by atoms with Crippen LogP contribution in [0.25, 0.3) is 0 Å². The van der Waals surface area contributed by atoms with Crippen molar-refractivity contribution < 1.29 is 19.0 Å². The van der Waals surface area contributed by atoms with E-state index in [1.54, 1.807) is 36.4 Å². The third-order valence-electron chi connectivity index (χ3n) is 4.36. The van der Waals surface area contributed by atoms with Crippen LogP contribution in [0.15, 0.2) is 71.8 Å². The molecule has 1 N–H and O–H groups in total. The van der Waals surface area contributed by atoms with E-state index in [0.717, 1.165) is 5.56 Å². The zero-order chi connectivity index (χ0) is 22.8. The molecule has 0 radical (unpaired) electrons. The molecule has 0 aliphatic heterocycles. The number of ether oxygens (including phenoxy) is 3. The fourth-order valence-electron chi connectivity index (χ4n) is 2.89. The summed E-state index contributed by atoms with van der Waals surface area (Å²) in [6.07, 6.45) is 1.50. The topological polar surface area (TPSA) is 69.2 Å². The van der Waals surface area contributed by atoms with Crippen molar-refractivity contribution in [1.29, 1.82) is 0 Å². The summed E-state index contributed by atoms with van der Waals surface area (Å²) in [5, 5.41) is 4.43. The van der Waals surface area contributed by atoms with Crippen molar-refractivity contribution in [3.05, 3.63) is 88.4 Å². The van der Waals surface area contributed by atoms with Gasteiger partial charge in [0.1, 0.15) is 12.4 Å². The summed E-state index contributed by atoms with van der Waals surface area (Å²) in [4.78, 5) is 12.3. The van der Waals surface area contributed by atoms with E-state index in [2.05, 4.69) is 10.5 Å². The van der Waals surface area contributed by atoms with Crippen LogP contribution < -0.4 is 19.6 Å². The summed E-state index contributed by atoms with van der Waals surface area (Å²) in [5.41, 5.74) is 4.67. The third-order valence-corrected chi connectivity index (χ3v) is 4.65. The molecule has 0 bridgehead atoms. The van der Waals surface area contributed by atoms with E-state index in [-0.39, 0.29) is 5.91 Å². The van der Waals surface area contributed by atoms with Crippen molar-refractivity contribution in [3.8, 4) is 17.2 Å². The molecule has 6 nitrogen and oxygen atoms in total. The first kappa shape index (κ1) is 23.2. The third kappa shape index (κ3) is 6.49. The van der Waals surface area contributed by atoms with Gasteiger partial charge in [-0.2, -0.15) is 5.10 Å². The maximum atomic E-state index is 12.3. The predicted molar refractivity (Wildman–Crippen MR) is 126 cm³/mol. The highest BCUT2D eigenvalue weighted by Crippen LogP contribution is 2.37. The molecule has 1 amide bonds. The van der Waals surface area contributed by atoms with Gasteiger partial charge in [0.25, 0.3) is 5.91 Å². The second-order valence-corrected chi connectivity index (χ2v) is 7.10. The van der Waals surface area contributed by atoms with Gasteiger partial charge in [-0.15, -0.1) is 0 Å². The molecule has 166 valence electrons. The lowest BCUT2D eigenvalue weighted by molar-refractivity contribution is 0.0955. The summed E-state index contributed by atoms with van der Waals surface area (Å²) >= 11 is 6.45. The molecule has 0 fully saturated rings. The Bertz CT molecular complexity index is 1050. The fourth-order valence-corrected chi connectivity index (χ4v) is 3.17. The van der Waals surface area contributed by atoms with Gasteiger partial charge in [0.05, 0.1) is 24.5 Å². The average molecular weight is 453 g/mol. The Balaban J connectivity index is 1.67. The summed E-state index contributed by atoms with van der Waals surface area (Å²) < 4.78 is 17.0. The van der Waals surface area contributed by atoms with E-state index in [1.807, 2.05) is 44.2 Å². The van der Waals surface area contributed by atoms with E-state index in [9.17, 15) is 4.79 Å². The lowest BCUT2D eigenvalue weighted by Crippen LogP contribution is -2.17. The van der Waals surface area contributed by atoms with Crippen molar-refractivity contribution in [1.82, 2.24) is 5.43 Å². The summed E-state index contributed by atoms with van der Waals surface area (Å²) in [5.74, 6) is 1.35. The van der Waals surface area contributed by atoms with Gasteiger partial charge in [-0.05, 0) is 61.4 Å². The molecule has 0 saturated heterocycles. The number of nitrogens with zero attached hydrogens (tertiary/aromatic N) is 1. The van der Waals surface area contributed by atoms with Crippen LogP contribution in [-0.2, 0) is 6.61 Å². The lowest BCUT2D eigenvalue weighted by Gasteiger charge is -2.14. The Morgan fingerprint density at radius 1 is 0.969 bits per heavy atom. The Morgan fingerprint density at radius 3 is 2.38 bits per heavy atom. The van der Waals surface area contributed by atoms with E-state index in [0.29, 0.717) is 53.2 Å². The van der Waals surface area contributed by atoms with Gasteiger partial charge in [0, 0.05) is 5.56 Å². The van der Waals surface area contributed by atoms with Gasteiger partial charge in [0.2, 0.25) is 0 Å². The van der Waals surface area contributed by atoms with Crippen molar-refractivity contribution in [2.24, 2.45) is 5.10 Å². The van der Waals surface area contributed by atoms with Crippen molar-refractivity contribution in [3.63, 3.8) is 0 Å². The smallest absolute Gasteiger partial charge is 0.271 e. The van der Waals surface area contributed by atoms with Crippen LogP contribution in [0.1, 0.15) is 35.3 Å². The quantitative estimate of drug-likeness (QED) is 0.326. The minimum absolute atomic E-state index is 0.330. The number of rotatable bonds is 10. The molecule has 7 heteroatoms. The van der Waals surface area contributed by atoms with E-state index in [4.69, 9.17) is 25.8 Å². The molecule has 3 aromatic rings. The van der Waals surface area contributed by atoms with Crippen LogP contribution in [0.4, 0.5) is 0 Å². The molecular formula is C25H25ClN2O4. The molecule has 32 heavy (non-hydrogen) atoms. The van der Waals surface area contributed by atoms with Crippen molar-refractivity contribution in [2.75, 3.05) is 13.2 Å². The van der Waals surface area contributed by atoms with Crippen LogP contribution in [0, 0.1) is 0 Å². The Hall–Kier alpha value is -3.51. The molecule has 0 saturated carbocycles. The molecule has 0 spiro atoms. The van der Waals surface area contributed by atoms with Gasteiger partial charge in [-0.25, -0.2) is 5.43 Å². The van der Waals surface area contributed by atoms with Crippen LogP contribution in [0.2, 0.25) is 5.02 Å². The Morgan fingerprint density at radius 2 is 1.69 bits per heavy atom. The minimum atomic E-state index is -0.330. The summed E-state index contributed by atoms with van der Waals surface area (Å²) in [7, 11) is 0. The minimum Gasteiger partial charge on any atom is -0.494 e. The monoisotopic (exact) mass is 452 g/mol. The number of hydrogen-bond acceptors (Lipinski definition) is 5. The highest BCUT2D eigenvalue weighted by molar-refractivity contribution is 6.32. The van der Waals surface area contributed by atoms with E-state index in [1.165, 1.54) is 6.21 Å². The molecule has 0 aromatic heterocycles. The maximum absolute atomic E-state index is 12.3. The molecule has 0 unspecified atom stereocenters. The fraction of sp³-hybridized carbons (Fsp3) is 0.200. The molecule has 0 aliphatic rings. The Kier molecular flexibility index (Phi) is 8.52. The Labute approximate surface area is 192 Å². The largest absolute Gasteiger partial charge is 0.494 e. The van der Waals surface area contributed by atoms with Gasteiger partial charge in [0.15, 0.2) is 11.5 Å². The first-order valence-corrected chi connectivity index (χ1v) is 10.7. The number of amides is 1. The summed E-state index contributed by atoms with van der Waals surface area (Å²) in [6.45, 7) is 5.17. The highest BCUT2D eigenvalue weighted by Gasteiger charge is 2.13. The SMILES string of the molecule is CCOc1ccc(C(=O)N/N=C\c2cc(Cl)c(OCc3ccccc3)c(OCC)c2)cc1. The van der Waals surface area contributed by atoms with Crippen LogP contribution in [0.5, 0.6) is 17.2 Å². The zero-order valence-electron chi connectivity index (χ0n) is 18.0. The van der Waals surface area contributed by atoms with Crippen molar-refractivity contribution in [2.45, 2.75) is 20.5 Å². The molecule has 3 aromatic carbocycles. The normalized spacial score (nSPS) is 10.7. The van der Waals surface area contributed by atoms with Gasteiger partial charge in [-0.1, -0.05) is 41.9 Å². The number of halogens is 1. The number of carbonyl (C=O) groups excluding carboxylic acids is 1. The van der Waals surface area contributed by atoms with Crippen LogP contribution in [-0.4, -0.2) is 25.3 Å². The van der Waals surface area contributed by atoms with Gasteiger partial charge in [-0.3, -0.25) is 4.79 Å². The van der Waals surface area contributed by atoms with Gasteiger partial charge < -0.3 is 14.2 Å². The number of carbonyl (C=O) groups is 1. The number of hydrogen-bond donors (Lipinski definition) is 1. The number of benzene rings is 3. The molecule has 3 rings (SSSR count). The molecule has 0 aliphatic carbocycles. The highest BCUT2D eigenvalue weighted by atomic mass is 35.5. The number of hydrazone groups is 1. The van der Waals surface area contributed by atoms with Crippen LogP contribution in [0.3, 0.4) is 0 Å². The maximum Gasteiger partial charge on any atom is 0.271 e. The lowest BCUT2D eigenvalue weighted by atomic mass is 10.2. The first-order valence-electron chi connectivity index (χ1n) is 10.3. The number of nitrogens with one attached hydrogen (secondary N) is 1. The zero-order valence-corrected chi connectivity index (χ0v) is 18.8. The average Bonchev–Trinajstić information content (AvgIpc) is 2.80. The molecule has 0 atom stereocenters. The van der Waals surface area contributed by atoms with E-state index >= 15 is 0 Å². The second kappa shape index (κ2) is 11.8. The first-order chi connectivity index (χ1) is 15.6. The van der Waals surface area contributed by atoms with E-state index < -0.39 is 0 Å². The van der Waals surface area contributed by atoms with Crippen molar-refractivity contribution >= 4 is 23.7 Å².